The van der Waals surface area contributed by atoms with Crippen LogP contribution in [0.25, 0.3) is 0 Å². The second-order valence-corrected chi connectivity index (χ2v) is 4.68. The van der Waals surface area contributed by atoms with Crippen LogP contribution in [0.2, 0.25) is 0 Å². The number of oxime groups is 1. The molecule has 0 spiro atoms. The first-order valence-electron chi connectivity index (χ1n) is 6.04. The van der Waals surface area contributed by atoms with Crippen molar-refractivity contribution >= 4 is 11.6 Å². The highest BCUT2D eigenvalue weighted by atomic mass is 16.5. The average Bonchev–Trinajstić information content (AvgIpc) is 2.36. The maximum absolute atomic E-state index is 11.8. The normalized spacial score (nSPS) is 13.0. The molecule has 1 aromatic rings. The van der Waals surface area contributed by atoms with Crippen molar-refractivity contribution in [2.45, 2.75) is 26.9 Å². The summed E-state index contributed by atoms with van der Waals surface area (Å²) in [6.07, 6.45) is -0.595. The van der Waals surface area contributed by atoms with Crippen LogP contribution >= 0.6 is 0 Å². The second kappa shape index (κ2) is 6.22. The van der Waals surface area contributed by atoms with E-state index in [1.54, 1.807) is 27.9 Å². The summed E-state index contributed by atoms with van der Waals surface area (Å²) < 4.78 is 5.69. The first-order chi connectivity index (χ1) is 8.86. The molecule has 0 fully saturated rings. The van der Waals surface area contributed by atoms with E-state index in [0.29, 0.717) is 17.0 Å². The summed E-state index contributed by atoms with van der Waals surface area (Å²) in [7, 11) is 3.36. The molecule has 0 heterocycles. The Balaban J connectivity index is 3.06. The zero-order chi connectivity index (χ0) is 14.6. The molecule has 0 aliphatic rings. The van der Waals surface area contributed by atoms with Crippen molar-refractivity contribution in [2.24, 2.45) is 5.16 Å². The molecule has 5 nitrogen and oxygen atoms in total. The number of carbonyl (C=O) groups excluding carboxylic acids is 1. The lowest BCUT2D eigenvalue weighted by atomic mass is 10.1. The summed E-state index contributed by atoms with van der Waals surface area (Å²) in [6, 6.07) is 5.53. The van der Waals surface area contributed by atoms with Crippen LogP contribution in [0.15, 0.2) is 23.4 Å². The molecule has 1 amide bonds. The molecule has 0 aliphatic carbocycles. The summed E-state index contributed by atoms with van der Waals surface area (Å²) >= 11 is 0. The summed E-state index contributed by atoms with van der Waals surface area (Å²) in [5, 5.41) is 12.0. The maximum atomic E-state index is 11.8. The van der Waals surface area contributed by atoms with Gasteiger partial charge in [0, 0.05) is 19.7 Å². The Hall–Kier alpha value is -2.04. The second-order valence-electron chi connectivity index (χ2n) is 4.68. The number of hydrogen-bond donors (Lipinski definition) is 1. The van der Waals surface area contributed by atoms with Gasteiger partial charge in [-0.2, -0.15) is 0 Å². The van der Waals surface area contributed by atoms with Gasteiger partial charge in [0.25, 0.3) is 5.91 Å². The van der Waals surface area contributed by atoms with Gasteiger partial charge in [0.15, 0.2) is 6.10 Å². The minimum atomic E-state index is -0.595. The van der Waals surface area contributed by atoms with Crippen LogP contribution in [0.4, 0.5) is 0 Å². The van der Waals surface area contributed by atoms with E-state index in [1.807, 2.05) is 25.1 Å². The van der Waals surface area contributed by atoms with Crippen LogP contribution in [-0.2, 0) is 4.79 Å². The molecular formula is C14H20N2O3. The van der Waals surface area contributed by atoms with E-state index >= 15 is 0 Å². The number of hydrogen-bond acceptors (Lipinski definition) is 4. The number of aryl methyl sites for hydroxylation is 1. The van der Waals surface area contributed by atoms with E-state index in [9.17, 15) is 4.79 Å². The van der Waals surface area contributed by atoms with Crippen LogP contribution in [0, 0.1) is 6.92 Å². The van der Waals surface area contributed by atoms with Crippen molar-refractivity contribution < 1.29 is 14.7 Å². The van der Waals surface area contributed by atoms with Gasteiger partial charge < -0.3 is 14.8 Å². The molecule has 0 bridgehead atoms. The first-order valence-corrected chi connectivity index (χ1v) is 6.04. The molecule has 1 aromatic carbocycles. The molecule has 104 valence electrons. The number of ether oxygens (including phenoxy) is 1. The third kappa shape index (κ3) is 3.71. The molecule has 1 unspecified atom stereocenters. The maximum Gasteiger partial charge on any atom is 0.262 e. The topological polar surface area (TPSA) is 62.1 Å². The monoisotopic (exact) mass is 264 g/mol. The van der Waals surface area contributed by atoms with Crippen molar-refractivity contribution in [2.75, 3.05) is 14.1 Å². The summed E-state index contributed by atoms with van der Waals surface area (Å²) in [5.74, 6) is 0.420. The van der Waals surface area contributed by atoms with E-state index in [0.717, 1.165) is 5.56 Å². The summed E-state index contributed by atoms with van der Waals surface area (Å²) in [4.78, 5) is 13.3. The molecule has 0 radical (unpaired) electrons. The van der Waals surface area contributed by atoms with Crippen LogP contribution < -0.4 is 4.74 Å². The van der Waals surface area contributed by atoms with Crippen LogP contribution in [-0.4, -0.2) is 41.9 Å². The smallest absolute Gasteiger partial charge is 0.262 e. The molecule has 19 heavy (non-hydrogen) atoms. The summed E-state index contributed by atoms with van der Waals surface area (Å²) in [5.41, 5.74) is 2.13. The van der Waals surface area contributed by atoms with Gasteiger partial charge in [-0.05, 0) is 38.5 Å². The predicted octanol–water partition coefficient (Wildman–Crippen LogP) is 2.05. The zero-order valence-electron chi connectivity index (χ0n) is 12.0. The van der Waals surface area contributed by atoms with Gasteiger partial charge in [-0.1, -0.05) is 11.2 Å². The third-order valence-corrected chi connectivity index (χ3v) is 2.77. The van der Waals surface area contributed by atoms with Crippen molar-refractivity contribution in [1.29, 1.82) is 0 Å². The van der Waals surface area contributed by atoms with Gasteiger partial charge in [-0.3, -0.25) is 4.79 Å². The first kappa shape index (κ1) is 15.0. The van der Waals surface area contributed by atoms with Gasteiger partial charge in [-0.25, -0.2) is 0 Å². The number of benzene rings is 1. The van der Waals surface area contributed by atoms with Crippen LogP contribution in [0.1, 0.15) is 25.0 Å². The number of nitrogens with zero attached hydrogens (tertiary/aromatic N) is 2. The van der Waals surface area contributed by atoms with E-state index in [-0.39, 0.29) is 5.91 Å². The molecule has 1 atom stereocenters. The third-order valence-electron chi connectivity index (χ3n) is 2.77. The van der Waals surface area contributed by atoms with Gasteiger partial charge in [0.2, 0.25) is 0 Å². The van der Waals surface area contributed by atoms with Crippen LogP contribution in [0.3, 0.4) is 0 Å². The Morgan fingerprint density at radius 2 is 2.05 bits per heavy atom. The van der Waals surface area contributed by atoms with E-state index in [1.165, 1.54) is 4.90 Å². The largest absolute Gasteiger partial charge is 0.480 e. The van der Waals surface area contributed by atoms with Crippen molar-refractivity contribution in [3.8, 4) is 5.75 Å². The Kier molecular flexibility index (Phi) is 4.92. The molecule has 1 N–H and O–H groups in total. The Bertz CT molecular complexity index is 495. The number of amides is 1. The van der Waals surface area contributed by atoms with E-state index in [4.69, 9.17) is 9.94 Å². The fourth-order valence-corrected chi connectivity index (χ4v) is 1.68. The number of rotatable bonds is 4. The average molecular weight is 264 g/mol. The molecular weight excluding hydrogens is 244 g/mol. The lowest BCUT2D eigenvalue weighted by Gasteiger charge is -2.20. The molecule has 1 rings (SSSR count). The lowest BCUT2D eigenvalue weighted by Crippen LogP contribution is -2.35. The summed E-state index contributed by atoms with van der Waals surface area (Å²) in [6.45, 7) is 5.30. The molecule has 0 saturated heterocycles. The Labute approximate surface area is 113 Å². The highest BCUT2D eigenvalue weighted by Gasteiger charge is 2.18. The Morgan fingerprint density at radius 3 is 2.58 bits per heavy atom. The van der Waals surface area contributed by atoms with Crippen LogP contribution in [0.5, 0.6) is 5.75 Å². The molecule has 0 saturated carbocycles. The number of likely N-dealkylation sites (N-methyl/N-ethyl adjacent to an activating group) is 1. The van der Waals surface area contributed by atoms with E-state index < -0.39 is 6.10 Å². The lowest BCUT2D eigenvalue weighted by molar-refractivity contribution is -0.135. The van der Waals surface area contributed by atoms with Gasteiger partial charge in [-0.15, -0.1) is 0 Å². The van der Waals surface area contributed by atoms with Gasteiger partial charge >= 0.3 is 0 Å². The fourth-order valence-electron chi connectivity index (χ4n) is 1.68. The molecule has 0 aliphatic heterocycles. The molecule has 5 heteroatoms. The Morgan fingerprint density at radius 1 is 1.42 bits per heavy atom. The van der Waals surface area contributed by atoms with Gasteiger partial charge in [0.1, 0.15) is 5.75 Å². The quantitative estimate of drug-likeness (QED) is 0.514. The SMILES string of the molecule is CC(=NO)c1ccc(C)cc1OC(C)C(=O)N(C)C. The zero-order valence-corrected chi connectivity index (χ0v) is 12.0. The fraction of sp³-hybridized carbons (Fsp3) is 0.429. The molecule has 0 aromatic heterocycles. The minimum absolute atomic E-state index is 0.119. The minimum Gasteiger partial charge on any atom is -0.480 e. The van der Waals surface area contributed by atoms with Crippen molar-refractivity contribution in [1.82, 2.24) is 4.90 Å². The predicted molar refractivity (Wildman–Crippen MR) is 74.0 cm³/mol. The number of carbonyl (C=O) groups is 1. The highest BCUT2D eigenvalue weighted by Crippen LogP contribution is 2.22. The van der Waals surface area contributed by atoms with Crippen molar-refractivity contribution in [3.05, 3.63) is 29.3 Å². The standard InChI is InChI=1S/C14H20N2O3/c1-9-6-7-12(10(2)15-18)13(8-9)19-11(3)14(17)16(4)5/h6-8,11,18H,1-5H3. The van der Waals surface area contributed by atoms with Crippen molar-refractivity contribution in [3.63, 3.8) is 0 Å². The van der Waals surface area contributed by atoms with Gasteiger partial charge in [0.05, 0.1) is 5.71 Å². The highest BCUT2D eigenvalue weighted by molar-refractivity contribution is 6.00. The van der Waals surface area contributed by atoms with E-state index in [2.05, 4.69) is 5.16 Å².